The highest BCUT2D eigenvalue weighted by Gasteiger charge is 2.31. The first-order chi connectivity index (χ1) is 15.4. The Bertz CT molecular complexity index is 1470. The molecule has 0 aliphatic rings. The summed E-state index contributed by atoms with van der Waals surface area (Å²) in [6.45, 7) is 2.12. The van der Waals surface area contributed by atoms with E-state index in [1.807, 2.05) is 6.07 Å². The zero-order valence-electron chi connectivity index (χ0n) is 17.3. The third-order valence-corrected chi connectivity index (χ3v) is 6.68. The number of rotatable bonds is 6. The van der Waals surface area contributed by atoms with E-state index in [9.17, 15) is 18.8 Å². The van der Waals surface area contributed by atoms with Crippen LogP contribution < -0.4 is 9.47 Å². The molecule has 0 aliphatic heterocycles. The number of aromatic hydroxyl groups is 1. The summed E-state index contributed by atoms with van der Waals surface area (Å²) in [7, 11) is -2.90. The molecule has 0 aliphatic carbocycles. The van der Waals surface area contributed by atoms with E-state index in [1.54, 1.807) is 31.2 Å². The highest BCUT2D eigenvalue weighted by Crippen LogP contribution is 2.45. The van der Waals surface area contributed by atoms with Crippen LogP contribution in [0.1, 0.15) is 12.5 Å². The van der Waals surface area contributed by atoms with Crippen molar-refractivity contribution < 1.29 is 23.0 Å². The molecule has 4 rings (SSSR count). The predicted octanol–water partition coefficient (Wildman–Crippen LogP) is 3.92. The van der Waals surface area contributed by atoms with Crippen LogP contribution in [0.2, 0.25) is 0 Å². The summed E-state index contributed by atoms with van der Waals surface area (Å²) >= 11 is 0. The molecule has 0 fully saturated rings. The lowest BCUT2D eigenvalue weighted by Crippen LogP contribution is -2.13. The number of nitriles is 1. The fraction of sp³-hybridized carbons (Fsp3) is 0.130. The molecule has 0 saturated heterocycles. The molecule has 8 nitrogen and oxygen atoms in total. The van der Waals surface area contributed by atoms with Crippen molar-refractivity contribution in [3.8, 4) is 34.7 Å². The monoisotopic (exact) mass is 449 g/mol. The van der Waals surface area contributed by atoms with Crippen LogP contribution in [0.25, 0.3) is 22.0 Å². The van der Waals surface area contributed by atoms with Gasteiger partial charge in [0, 0.05) is 11.6 Å². The zero-order valence-corrected chi connectivity index (χ0v) is 18.1. The largest absolute Gasteiger partial charge is 0.495 e. The molecule has 0 unspecified atom stereocenters. The van der Waals surface area contributed by atoms with Gasteiger partial charge in [0.2, 0.25) is 11.8 Å². The minimum atomic E-state index is -4.27. The van der Waals surface area contributed by atoms with Crippen molar-refractivity contribution in [2.24, 2.45) is 0 Å². The number of fused-ring (bicyclic) bond motifs is 1. The van der Waals surface area contributed by atoms with E-state index < -0.39 is 15.9 Å². The molecule has 0 spiro atoms. The average molecular weight is 449 g/mol. The Morgan fingerprint density at radius 1 is 1.16 bits per heavy atom. The second-order valence-corrected chi connectivity index (χ2v) is 8.51. The van der Waals surface area contributed by atoms with Gasteiger partial charge >= 0.3 is 0 Å². The minimum absolute atomic E-state index is 0.109. The Labute approximate surface area is 185 Å². The van der Waals surface area contributed by atoms with Gasteiger partial charge in [-0.1, -0.05) is 12.1 Å². The number of pyridine rings is 1. The summed E-state index contributed by atoms with van der Waals surface area (Å²) < 4.78 is 39.0. The Balaban J connectivity index is 2.12. The topological polar surface area (TPSA) is 114 Å². The molecule has 0 saturated carbocycles. The lowest BCUT2D eigenvalue weighted by molar-refractivity contribution is 0.328. The molecule has 2 aromatic carbocycles. The quantitative estimate of drug-likeness (QED) is 0.474. The van der Waals surface area contributed by atoms with Gasteiger partial charge in [-0.3, -0.25) is 0 Å². The SMILES string of the molecule is CCOc1ncccc1-c1c(O)n(S(=O)(=O)c2ccccc2OC)c2ccc(C#N)cc12. The summed E-state index contributed by atoms with van der Waals surface area (Å²) in [6, 6.07) is 16.0. The van der Waals surface area contributed by atoms with E-state index in [2.05, 4.69) is 4.98 Å². The van der Waals surface area contributed by atoms with Gasteiger partial charge in [0.05, 0.1) is 42.0 Å². The highest BCUT2D eigenvalue weighted by molar-refractivity contribution is 7.90. The third kappa shape index (κ3) is 3.31. The second-order valence-electron chi connectivity index (χ2n) is 6.75. The van der Waals surface area contributed by atoms with E-state index in [-0.39, 0.29) is 27.6 Å². The van der Waals surface area contributed by atoms with Gasteiger partial charge in [-0.2, -0.15) is 5.26 Å². The van der Waals surface area contributed by atoms with E-state index >= 15 is 0 Å². The maximum atomic E-state index is 13.7. The predicted molar refractivity (Wildman–Crippen MR) is 118 cm³/mol. The Morgan fingerprint density at radius 3 is 2.66 bits per heavy atom. The first kappa shape index (κ1) is 21.2. The zero-order chi connectivity index (χ0) is 22.9. The van der Waals surface area contributed by atoms with Gasteiger partial charge in [0.1, 0.15) is 10.6 Å². The van der Waals surface area contributed by atoms with E-state index in [0.29, 0.717) is 23.1 Å². The van der Waals surface area contributed by atoms with Crippen LogP contribution in [0.5, 0.6) is 17.5 Å². The molecule has 4 aromatic rings. The first-order valence-electron chi connectivity index (χ1n) is 9.68. The molecule has 0 amide bonds. The number of nitrogens with zero attached hydrogens (tertiary/aromatic N) is 3. The van der Waals surface area contributed by atoms with E-state index in [1.165, 1.54) is 43.6 Å². The number of ether oxygens (including phenoxy) is 2. The number of para-hydroxylation sites is 1. The number of aromatic nitrogens is 2. The number of methoxy groups -OCH3 is 1. The van der Waals surface area contributed by atoms with E-state index in [0.717, 1.165) is 3.97 Å². The lowest BCUT2D eigenvalue weighted by Gasteiger charge is -2.12. The van der Waals surface area contributed by atoms with Crippen molar-refractivity contribution in [3.63, 3.8) is 0 Å². The molecular formula is C23H19N3O5S. The molecule has 2 heterocycles. The van der Waals surface area contributed by atoms with Crippen LogP contribution in [-0.4, -0.2) is 36.2 Å². The fourth-order valence-electron chi connectivity index (χ4n) is 3.59. The molecule has 2 aromatic heterocycles. The molecule has 0 bridgehead atoms. The fourth-order valence-corrected chi connectivity index (χ4v) is 5.18. The van der Waals surface area contributed by atoms with Crippen molar-refractivity contribution >= 4 is 20.9 Å². The number of hydrogen-bond acceptors (Lipinski definition) is 7. The minimum Gasteiger partial charge on any atom is -0.495 e. The van der Waals surface area contributed by atoms with Gasteiger partial charge in [0.15, 0.2) is 0 Å². The van der Waals surface area contributed by atoms with Crippen LogP contribution in [0.3, 0.4) is 0 Å². The lowest BCUT2D eigenvalue weighted by atomic mass is 10.0. The van der Waals surface area contributed by atoms with Gasteiger partial charge in [-0.05, 0) is 49.4 Å². The van der Waals surface area contributed by atoms with Crippen molar-refractivity contribution in [2.75, 3.05) is 13.7 Å². The Kier molecular flexibility index (Phi) is 5.47. The summed E-state index contributed by atoms with van der Waals surface area (Å²) in [5.74, 6) is -0.142. The maximum Gasteiger partial charge on any atom is 0.274 e. The molecule has 9 heteroatoms. The van der Waals surface area contributed by atoms with Crippen molar-refractivity contribution in [1.29, 1.82) is 5.26 Å². The van der Waals surface area contributed by atoms with Crippen molar-refractivity contribution in [1.82, 2.24) is 8.96 Å². The van der Waals surface area contributed by atoms with Crippen LogP contribution in [0.4, 0.5) is 0 Å². The van der Waals surface area contributed by atoms with Crippen LogP contribution >= 0.6 is 0 Å². The summed E-state index contributed by atoms with van der Waals surface area (Å²) in [4.78, 5) is 4.11. The van der Waals surface area contributed by atoms with Gasteiger partial charge < -0.3 is 14.6 Å². The second kappa shape index (κ2) is 8.24. The van der Waals surface area contributed by atoms with Crippen LogP contribution in [0.15, 0.2) is 65.7 Å². The smallest absolute Gasteiger partial charge is 0.274 e. The highest BCUT2D eigenvalue weighted by atomic mass is 32.2. The van der Waals surface area contributed by atoms with Crippen molar-refractivity contribution in [2.45, 2.75) is 11.8 Å². The summed E-state index contributed by atoms with van der Waals surface area (Å²) in [6.07, 6.45) is 1.54. The average Bonchev–Trinajstić information content (AvgIpc) is 3.11. The number of benzene rings is 2. The molecule has 0 radical (unpaired) electrons. The van der Waals surface area contributed by atoms with Gasteiger partial charge in [-0.25, -0.2) is 17.4 Å². The Morgan fingerprint density at radius 2 is 1.94 bits per heavy atom. The van der Waals surface area contributed by atoms with Gasteiger partial charge in [-0.15, -0.1) is 0 Å². The molecule has 1 N–H and O–H groups in total. The third-order valence-electron chi connectivity index (χ3n) is 4.94. The summed E-state index contributed by atoms with van der Waals surface area (Å²) in [5, 5.41) is 21.0. The standard InChI is InChI=1S/C23H19N3O5S/c1-3-31-22-16(7-6-12-25-22)21-17-13-15(14-24)10-11-18(17)26(23(21)27)32(28,29)20-9-5-4-8-19(20)30-2/h4-13,27H,3H2,1-2H3. The molecule has 162 valence electrons. The van der Waals surface area contributed by atoms with Gasteiger partial charge in [0.25, 0.3) is 10.0 Å². The number of hydrogen-bond donors (Lipinski definition) is 1. The van der Waals surface area contributed by atoms with Crippen molar-refractivity contribution in [3.05, 3.63) is 66.4 Å². The molecular weight excluding hydrogens is 430 g/mol. The molecule has 0 atom stereocenters. The summed E-state index contributed by atoms with van der Waals surface area (Å²) in [5.41, 5.74) is 1.12. The molecule has 32 heavy (non-hydrogen) atoms. The first-order valence-corrected chi connectivity index (χ1v) is 11.1. The Hall–Kier alpha value is -4.03. The van der Waals surface area contributed by atoms with E-state index in [4.69, 9.17) is 9.47 Å². The normalized spacial score (nSPS) is 11.3. The van der Waals surface area contributed by atoms with Crippen LogP contribution in [0, 0.1) is 11.3 Å². The van der Waals surface area contributed by atoms with Crippen LogP contribution in [-0.2, 0) is 10.0 Å². The maximum absolute atomic E-state index is 13.7.